The van der Waals surface area contributed by atoms with Crippen LogP contribution in [0.3, 0.4) is 0 Å². The fraction of sp³-hybridized carbons (Fsp3) is 0.786. The van der Waals surface area contributed by atoms with Crippen molar-refractivity contribution in [3.63, 3.8) is 0 Å². The highest BCUT2D eigenvalue weighted by atomic mass is 16.5. The summed E-state index contributed by atoms with van der Waals surface area (Å²) in [5.41, 5.74) is 0. The summed E-state index contributed by atoms with van der Waals surface area (Å²) in [4.78, 5) is 18.6. The summed E-state index contributed by atoms with van der Waals surface area (Å²) in [6, 6.07) is 0.0257. The maximum absolute atomic E-state index is 11.8. The minimum atomic E-state index is 0.0257. The number of nitrogens with one attached hydrogen (secondary N) is 1. The number of rotatable bonds is 5. The zero-order valence-electron chi connectivity index (χ0n) is 12.2. The Balaban J connectivity index is 1.61. The molecule has 0 aromatic rings. The molecule has 2 rings (SSSR count). The van der Waals surface area contributed by atoms with Crippen molar-refractivity contribution in [1.82, 2.24) is 20.0 Å². The molecule has 0 saturated carbocycles. The van der Waals surface area contributed by atoms with Crippen molar-refractivity contribution in [2.24, 2.45) is 0 Å². The Bertz CT molecular complexity index is 310. The zero-order valence-corrected chi connectivity index (χ0v) is 12.2. The van der Waals surface area contributed by atoms with Gasteiger partial charge in [-0.3, -0.25) is 9.80 Å². The van der Waals surface area contributed by atoms with Gasteiger partial charge < -0.3 is 15.0 Å². The topological polar surface area (TPSA) is 48.1 Å². The molecule has 0 spiro atoms. The Labute approximate surface area is 121 Å². The van der Waals surface area contributed by atoms with Gasteiger partial charge in [0.25, 0.3) is 0 Å². The summed E-state index contributed by atoms with van der Waals surface area (Å²) >= 11 is 0. The van der Waals surface area contributed by atoms with Crippen LogP contribution in [0.2, 0.25) is 0 Å². The minimum Gasteiger partial charge on any atom is -0.379 e. The number of nitrogens with zero attached hydrogens (tertiary/aromatic N) is 3. The second-order valence-electron chi connectivity index (χ2n) is 5.26. The van der Waals surface area contributed by atoms with E-state index >= 15 is 0 Å². The quantitative estimate of drug-likeness (QED) is 0.712. The van der Waals surface area contributed by atoms with Crippen LogP contribution in [0.25, 0.3) is 0 Å². The van der Waals surface area contributed by atoms with Gasteiger partial charge in [0.1, 0.15) is 0 Å². The molecular formula is C14H26N4O2. The highest BCUT2D eigenvalue weighted by Gasteiger charge is 2.21. The van der Waals surface area contributed by atoms with E-state index in [1.54, 1.807) is 6.08 Å². The van der Waals surface area contributed by atoms with Crippen molar-refractivity contribution < 1.29 is 9.53 Å². The first kappa shape index (κ1) is 15.3. The lowest BCUT2D eigenvalue weighted by atomic mass is 10.3. The molecule has 6 nitrogen and oxygen atoms in total. The molecule has 2 aliphatic rings. The number of urea groups is 1. The summed E-state index contributed by atoms with van der Waals surface area (Å²) in [6.07, 6.45) is 1.70. The molecule has 6 heteroatoms. The van der Waals surface area contributed by atoms with Gasteiger partial charge in [-0.25, -0.2) is 4.79 Å². The molecule has 2 aliphatic heterocycles. The summed E-state index contributed by atoms with van der Waals surface area (Å²) in [5, 5.41) is 2.83. The molecule has 2 saturated heterocycles. The van der Waals surface area contributed by atoms with Crippen molar-refractivity contribution >= 4 is 6.03 Å². The Morgan fingerprint density at radius 3 is 2.25 bits per heavy atom. The third-order valence-corrected chi connectivity index (χ3v) is 3.89. The van der Waals surface area contributed by atoms with Crippen LogP contribution in [0.4, 0.5) is 4.79 Å². The lowest BCUT2D eigenvalue weighted by molar-refractivity contribution is 0.0309. The predicted octanol–water partition coefficient (Wildman–Crippen LogP) is -0.168. The maximum Gasteiger partial charge on any atom is 0.317 e. The molecule has 2 heterocycles. The molecule has 2 amide bonds. The minimum absolute atomic E-state index is 0.0257. The van der Waals surface area contributed by atoms with Crippen LogP contribution in [0.1, 0.15) is 0 Å². The van der Waals surface area contributed by atoms with Crippen molar-refractivity contribution in [3.8, 4) is 0 Å². The number of piperazine rings is 1. The van der Waals surface area contributed by atoms with Crippen LogP contribution in [-0.2, 0) is 4.74 Å². The van der Waals surface area contributed by atoms with Gasteiger partial charge >= 0.3 is 6.03 Å². The maximum atomic E-state index is 11.8. The summed E-state index contributed by atoms with van der Waals surface area (Å²) in [7, 11) is 0. The molecular weight excluding hydrogens is 256 g/mol. The smallest absolute Gasteiger partial charge is 0.317 e. The fourth-order valence-corrected chi connectivity index (χ4v) is 2.55. The van der Waals surface area contributed by atoms with Crippen LogP contribution < -0.4 is 5.32 Å². The molecule has 1 N–H and O–H groups in total. The van der Waals surface area contributed by atoms with Gasteiger partial charge in [-0.15, -0.1) is 6.58 Å². The highest BCUT2D eigenvalue weighted by Crippen LogP contribution is 2.03. The number of carbonyl (C=O) groups excluding carboxylic acids is 1. The molecule has 0 radical (unpaired) electrons. The zero-order chi connectivity index (χ0) is 14.2. The van der Waals surface area contributed by atoms with Gasteiger partial charge in [0, 0.05) is 58.9 Å². The predicted molar refractivity (Wildman–Crippen MR) is 78.9 cm³/mol. The van der Waals surface area contributed by atoms with Gasteiger partial charge in [-0.1, -0.05) is 6.08 Å². The molecule has 0 unspecified atom stereocenters. The van der Waals surface area contributed by atoms with Crippen LogP contribution >= 0.6 is 0 Å². The lowest BCUT2D eigenvalue weighted by Gasteiger charge is -2.36. The second-order valence-corrected chi connectivity index (χ2v) is 5.26. The molecule has 0 bridgehead atoms. The molecule has 20 heavy (non-hydrogen) atoms. The van der Waals surface area contributed by atoms with E-state index in [4.69, 9.17) is 4.74 Å². The monoisotopic (exact) mass is 282 g/mol. The Morgan fingerprint density at radius 1 is 1.05 bits per heavy atom. The van der Waals surface area contributed by atoms with E-state index in [1.807, 2.05) is 4.90 Å². The van der Waals surface area contributed by atoms with Crippen molar-refractivity contribution in [1.29, 1.82) is 0 Å². The van der Waals surface area contributed by atoms with Gasteiger partial charge in [0.05, 0.1) is 13.2 Å². The molecule has 2 fully saturated rings. The Hall–Kier alpha value is -1.11. The Morgan fingerprint density at radius 2 is 1.65 bits per heavy atom. The first-order valence-electron chi connectivity index (χ1n) is 7.45. The van der Waals surface area contributed by atoms with E-state index in [2.05, 4.69) is 21.7 Å². The van der Waals surface area contributed by atoms with Crippen molar-refractivity contribution in [2.75, 3.05) is 72.1 Å². The van der Waals surface area contributed by atoms with E-state index in [0.29, 0.717) is 6.54 Å². The first-order chi connectivity index (χ1) is 9.79. The van der Waals surface area contributed by atoms with E-state index in [-0.39, 0.29) is 6.03 Å². The number of amides is 2. The van der Waals surface area contributed by atoms with Crippen LogP contribution in [-0.4, -0.2) is 92.8 Å². The second kappa shape index (κ2) is 8.24. The number of hydrogen-bond donors (Lipinski definition) is 1. The summed E-state index contributed by atoms with van der Waals surface area (Å²) in [6.45, 7) is 13.7. The lowest BCUT2D eigenvalue weighted by Crippen LogP contribution is -2.53. The number of carbonyl (C=O) groups is 1. The standard InChI is InChI=1S/C14H26N4O2/c1-2-3-15-14(19)18-8-6-16(7-9-18)4-5-17-10-12-20-13-11-17/h2H,1,3-13H2,(H,15,19). The molecule has 0 atom stereocenters. The van der Waals surface area contributed by atoms with Gasteiger partial charge in [0.2, 0.25) is 0 Å². The van der Waals surface area contributed by atoms with Crippen molar-refractivity contribution in [3.05, 3.63) is 12.7 Å². The largest absolute Gasteiger partial charge is 0.379 e. The number of morpholine rings is 1. The van der Waals surface area contributed by atoms with Crippen molar-refractivity contribution in [2.45, 2.75) is 0 Å². The van der Waals surface area contributed by atoms with Gasteiger partial charge in [0.15, 0.2) is 0 Å². The molecule has 0 aliphatic carbocycles. The van der Waals surface area contributed by atoms with Crippen LogP contribution in [0.5, 0.6) is 0 Å². The third-order valence-electron chi connectivity index (χ3n) is 3.89. The Kier molecular flexibility index (Phi) is 6.29. The molecule has 0 aromatic heterocycles. The summed E-state index contributed by atoms with van der Waals surface area (Å²) < 4.78 is 5.35. The first-order valence-corrected chi connectivity index (χ1v) is 7.45. The highest BCUT2D eigenvalue weighted by molar-refractivity contribution is 5.74. The SMILES string of the molecule is C=CCNC(=O)N1CCN(CCN2CCOCC2)CC1. The molecule has 114 valence electrons. The average Bonchev–Trinajstić information content (AvgIpc) is 2.52. The van der Waals surface area contributed by atoms with E-state index in [0.717, 1.165) is 65.6 Å². The average molecular weight is 282 g/mol. The molecule has 0 aromatic carbocycles. The van der Waals surface area contributed by atoms with Crippen LogP contribution in [0, 0.1) is 0 Å². The van der Waals surface area contributed by atoms with Gasteiger partial charge in [-0.05, 0) is 0 Å². The number of ether oxygens (including phenoxy) is 1. The number of hydrogen-bond acceptors (Lipinski definition) is 4. The van der Waals surface area contributed by atoms with E-state index in [9.17, 15) is 4.79 Å². The van der Waals surface area contributed by atoms with Gasteiger partial charge in [-0.2, -0.15) is 0 Å². The fourth-order valence-electron chi connectivity index (χ4n) is 2.55. The van der Waals surface area contributed by atoms with E-state index in [1.165, 1.54) is 0 Å². The normalized spacial score (nSPS) is 21.7. The van der Waals surface area contributed by atoms with Crippen LogP contribution in [0.15, 0.2) is 12.7 Å². The summed E-state index contributed by atoms with van der Waals surface area (Å²) in [5.74, 6) is 0. The van der Waals surface area contributed by atoms with E-state index < -0.39 is 0 Å². The third kappa shape index (κ3) is 4.77.